The highest BCUT2D eigenvalue weighted by Gasteiger charge is 2.60. The molecule has 4 aliphatic rings. The predicted molar refractivity (Wildman–Crippen MR) is 89.3 cm³/mol. The Labute approximate surface area is 138 Å². The quantitative estimate of drug-likeness (QED) is 0.915. The van der Waals surface area contributed by atoms with Crippen LogP contribution in [0.2, 0.25) is 0 Å². The van der Waals surface area contributed by atoms with Gasteiger partial charge in [-0.25, -0.2) is 4.39 Å². The average molecular weight is 330 g/mol. The number of fused-ring (bicyclic) bond motifs is 3. The molecule has 0 radical (unpaired) electrons. The van der Waals surface area contributed by atoms with E-state index < -0.39 is 0 Å². The first-order valence-electron chi connectivity index (χ1n) is 8.41. The molecule has 2 aromatic rings. The van der Waals surface area contributed by atoms with Gasteiger partial charge >= 0.3 is 0 Å². The van der Waals surface area contributed by atoms with Gasteiger partial charge in [-0.1, -0.05) is 0 Å². The van der Waals surface area contributed by atoms with E-state index in [-0.39, 0.29) is 17.3 Å². The van der Waals surface area contributed by atoms with Crippen LogP contribution in [0, 0.1) is 11.7 Å². The molecule has 1 aromatic carbocycles. The molecule has 3 saturated heterocycles. The summed E-state index contributed by atoms with van der Waals surface area (Å²) in [5.41, 5.74) is 0.250. The molecule has 2 bridgehead atoms. The number of rotatable bonds is 2. The Morgan fingerprint density at radius 1 is 1.26 bits per heavy atom. The Hall–Kier alpha value is -1.46. The summed E-state index contributed by atoms with van der Waals surface area (Å²) in [6.45, 7) is 2.39. The van der Waals surface area contributed by atoms with Crippen LogP contribution in [-0.4, -0.2) is 35.5 Å². The fourth-order valence-corrected chi connectivity index (χ4v) is 5.61. The van der Waals surface area contributed by atoms with Crippen molar-refractivity contribution in [2.75, 3.05) is 13.1 Å². The maximum absolute atomic E-state index is 13.3. The van der Waals surface area contributed by atoms with Crippen LogP contribution in [-0.2, 0) is 0 Å². The van der Waals surface area contributed by atoms with E-state index in [1.54, 1.807) is 6.07 Å². The number of hydrogen-bond donors (Lipinski definition) is 1. The number of amides is 1. The molecule has 120 valence electrons. The van der Waals surface area contributed by atoms with Crippen molar-refractivity contribution in [1.82, 2.24) is 10.2 Å². The summed E-state index contributed by atoms with van der Waals surface area (Å²) < 4.78 is 14.3. The van der Waals surface area contributed by atoms with E-state index in [2.05, 4.69) is 10.2 Å². The number of hydrogen-bond acceptors (Lipinski definition) is 3. The van der Waals surface area contributed by atoms with Crippen molar-refractivity contribution in [2.24, 2.45) is 5.92 Å². The third-order valence-corrected chi connectivity index (χ3v) is 7.09. The number of carbonyl (C=O) groups is 1. The molecule has 3 aliphatic heterocycles. The molecular formula is C18H19FN2OS. The fourth-order valence-electron chi connectivity index (χ4n) is 4.66. The molecule has 3 nitrogen and oxygen atoms in total. The number of thiophene rings is 1. The van der Waals surface area contributed by atoms with Crippen LogP contribution in [0.3, 0.4) is 0 Å². The number of carbonyl (C=O) groups excluding carboxylic acids is 1. The van der Waals surface area contributed by atoms with Crippen molar-refractivity contribution in [2.45, 2.75) is 37.3 Å². The Morgan fingerprint density at radius 3 is 2.78 bits per heavy atom. The Bertz CT molecular complexity index is 789. The normalized spacial score (nSPS) is 30.7. The van der Waals surface area contributed by atoms with Crippen molar-refractivity contribution < 1.29 is 9.18 Å². The summed E-state index contributed by atoms with van der Waals surface area (Å²) >= 11 is 1.45. The Kier molecular flexibility index (Phi) is 2.89. The van der Waals surface area contributed by atoms with Crippen molar-refractivity contribution in [3.63, 3.8) is 0 Å². The minimum absolute atomic E-state index is 0.0108. The molecule has 1 saturated carbocycles. The highest BCUT2D eigenvalue weighted by Crippen LogP contribution is 2.53. The smallest absolute Gasteiger partial charge is 0.261 e. The van der Waals surface area contributed by atoms with Crippen molar-refractivity contribution >= 4 is 27.3 Å². The number of benzene rings is 1. The summed E-state index contributed by atoms with van der Waals surface area (Å²) in [5, 5.41) is 4.15. The zero-order valence-electron chi connectivity index (χ0n) is 12.8. The standard InChI is InChI=1S/C18H19FN2OS/c19-13-1-2-14-12(9-13)10-15(23-14)17(22)20-16-11-3-7-21(8-4-11)18(16)5-6-18/h1-2,9-11,16H,3-8H2,(H,20,22)/t16-/m0/s1. The second-order valence-electron chi connectivity index (χ2n) is 7.17. The SMILES string of the molecule is O=C(N[C@H]1C2CCN(CC2)C12CC2)c1cc2cc(F)ccc2s1. The van der Waals surface area contributed by atoms with Crippen LogP contribution in [0.15, 0.2) is 24.3 Å². The van der Waals surface area contributed by atoms with Crippen LogP contribution >= 0.6 is 11.3 Å². The van der Waals surface area contributed by atoms with Gasteiger partial charge in [0.2, 0.25) is 0 Å². The maximum Gasteiger partial charge on any atom is 0.261 e. The second kappa shape index (κ2) is 4.77. The number of nitrogens with zero attached hydrogens (tertiary/aromatic N) is 1. The van der Waals surface area contributed by atoms with E-state index in [4.69, 9.17) is 0 Å². The molecule has 23 heavy (non-hydrogen) atoms. The van der Waals surface area contributed by atoms with Gasteiger partial charge in [-0.2, -0.15) is 0 Å². The van der Waals surface area contributed by atoms with Gasteiger partial charge in [0.05, 0.1) is 10.9 Å². The minimum Gasteiger partial charge on any atom is -0.346 e. The molecule has 1 spiro atoms. The number of piperidine rings is 3. The summed E-state index contributed by atoms with van der Waals surface area (Å²) in [4.78, 5) is 16.0. The van der Waals surface area contributed by atoms with Gasteiger partial charge in [-0.05, 0) is 74.3 Å². The van der Waals surface area contributed by atoms with Crippen LogP contribution < -0.4 is 5.32 Å². The van der Waals surface area contributed by atoms with E-state index in [0.717, 1.165) is 10.1 Å². The lowest BCUT2D eigenvalue weighted by molar-refractivity contribution is -0.00138. The van der Waals surface area contributed by atoms with E-state index >= 15 is 0 Å². The highest BCUT2D eigenvalue weighted by atomic mass is 32.1. The maximum atomic E-state index is 13.3. The largest absolute Gasteiger partial charge is 0.346 e. The number of halogens is 1. The second-order valence-corrected chi connectivity index (χ2v) is 8.26. The Balaban J connectivity index is 1.42. The first-order valence-corrected chi connectivity index (χ1v) is 9.22. The van der Waals surface area contributed by atoms with E-state index in [1.807, 2.05) is 6.07 Å². The molecule has 5 heteroatoms. The third-order valence-electron chi connectivity index (χ3n) is 5.97. The van der Waals surface area contributed by atoms with Crippen LogP contribution in [0.1, 0.15) is 35.4 Å². The monoisotopic (exact) mass is 330 g/mol. The van der Waals surface area contributed by atoms with Gasteiger partial charge in [0, 0.05) is 10.2 Å². The molecular weight excluding hydrogens is 311 g/mol. The molecule has 6 rings (SSSR count). The van der Waals surface area contributed by atoms with Crippen molar-refractivity contribution in [1.29, 1.82) is 0 Å². The van der Waals surface area contributed by atoms with Gasteiger partial charge in [-0.3, -0.25) is 9.69 Å². The summed E-state index contributed by atoms with van der Waals surface area (Å²) in [6.07, 6.45) is 4.83. The molecule has 1 aliphatic carbocycles. The molecule has 1 amide bonds. The Morgan fingerprint density at radius 2 is 2.04 bits per heavy atom. The van der Waals surface area contributed by atoms with E-state index in [9.17, 15) is 9.18 Å². The summed E-state index contributed by atoms with van der Waals surface area (Å²) in [7, 11) is 0. The lowest BCUT2D eigenvalue weighted by Crippen LogP contribution is -2.65. The van der Waals surface area contributed by atoms with E-state index in [0.29, 0.717) is 16.8 Å². The summed E-state index contributed by atoms with van der Waals surface area (Å²) in [5.74, 6) is 0.381. The highest BCUT2D eigenvalue weighted by molar-refractivity contribution is 7.20. The predicted octanol–water partition coefficient (Wildman–Crippen LogP) is 3.40. The average Bonchev–Trinajstić information content (AvgIpc) is 3.22. The number of nitrogens with one attached hydrogen (secondary N) is 1. The van der Waals surface area contributed by atoms with Gasteiger partial charge in [0.25, 0.3) is 5.91 Å². The van der Waals surface area contributed by atoms with Crippen molar-refractivity contribution in [3.8, 4) is 0 Å². The van der Waals surface area contributed by atoms with Crippen LogP contribution in [0.5, 0.6) is 0 Å². The van der Waals surface area contributed by atoms with Crippen molar-refractivity contribution in [3.05, 3.63) is 35.0 Å². The van der Waals surface area contributed by atoms with Gasteiger partial charge in [-0.15, -0.1) is 11.3 Å². The first-order chi connectivity index (χ1) is 11.2. The lowest BCUT2D eigenvalue weighted by atomic mass is 9.77. The third kappa shape index (κ3) is 2.06. The first kappa shape index (κ1) is 13.9. The summed E-state index contributed by atoms with van der Waals surface area (Å²) in [6, 6.07) is 6.81. The zero-order valence-corrected chi connectivity index (χ0v) is 13.7. The molecule has 4 fully saturated rings. The molecule has 0 unspecified atom stereocenters. The molecule has 1 aromatic heterocycles. The molecule has 1 atom stereocenters. The van der Waals surface area contributed by atoms with E-state index in [1.165, 1.54) is 62.2 Å². The minimum atomic E-state index is -0.253. The van der Waals surface area contributed by atoms with Crippen LogP contribution in [0.25, 0.3) is 10.1 Å². The molecule has 4 heterocycles. The molecule has 1 N–H and O–H groups in total. The van der Waals surface area contributed by atoms with Gasteiger partial charge in [0.15, 0.2) is 0 Å². The zero-order chi connectivity index (χ0) is 15.6. The fraction of sp³-hybridized carbons (Fsp3) is 0.500. The van der Waals surface area contributed by atoms with Gasteiger partial charge in [0.1, 0.15) is 5.82 Å². The lowest BCUT2D eigenvalue weighted by Gasteiger charge is -2.52. The van der Waals surface area contributed by atoms with Crippen LogP contribution in [0.4, 0.5) is 4.39 Å². The van der Waals surface area contributed by atoms with Gasteiger partial charge < -0.3 is 5.32 Å². The topological polar surface area (TPSA) is 32.3 Å².